The molecule has 0 aromatic rings. The number of hydrogen-bond acceptors (Lipinski definition) is 2. The molecule has 1 rings (SSSR count). The molecular formula is C8H15NO2. The zero-order valence-corrected chi connectivity index (χ0v) is 6.79. The number of carbonyl (C=O) groups is 1. The molecule has 0 spiro atoms. The normalized spacial score (nSPS) is 37.5. The maximum atomic E-state index is 10.6. The maximum absolute atomic E-state index is 10.6. The van der Waals surface area contributed by atoms with E-state index in [1.54, 1.807) is 0 Å². The summed E-state index contributed by atoms with van der Waals surface area (Å²) >= 11 is 0. The standard InChI is InChI=1S/C8H15NO2/c1-5-2-6(8(10)11)3-7(5)4-9/h5-7H,2-4,9H2,1H3,(H,10,11)/t5?,6-,7+/m0/s1. The minimum Gasteiger partial charge on any atom is -0.481 e. The molecule has 64 valence electrons. The minimum atomic E-state index is -0.659. The lowest BCUT2D eigenvalue weighted by atomic mass is 9.99. The third kappa shape index (κ3) is 1.71. The molecule has 1 aliphatic carbocycles. The van der Waals surface area contributed by atoms with Gasteiger partial charge in [-0.2, -0.15) is 0 Å². The molecule has 0 radical (unpaired) electrons. The summed E-state index contributed by atoms with van der Waals surface area (Å²) in [5.74, 6) is 0.114. The van der Waals surface area contributed by atoms with Crippen molar-refractivity contribution in [3.8, 4) is 0 Å². The monoisotopic (exact) mass is 157 g/mol. The lowest BCUT2D eigenvalue weighted by Crippen LogP contribution is -2.16. The zero-order chi connectivity index (χ0) is 8.43. The first-order valence-electron chi connectivity index (χ1n) is 4.08. The van der Waals surface area contributed by atoms with Gasteiger partial charge in [0.2, 0.25) is 0 Å². The fourth-order valence-electron chi connectivity index (χ4n) is 1.87. The van der Waals surface area contributed by atoms with Gasteiger partial charge in [-0.1, -0.05) is 6.92 Å². The van der Waals surface area contributed by atoms with Gasteiger partial charge in [-0.05, 0) is 31.2 Å². The molecule has 0 bridgehead atoms. The summed E-state index contributed by atoms with van der Waals surface area (Å²) in [5.41, 5.74) is 5.49. The van der Waals surface area contributed by atoms with E-state index in [1.165, 1.54) is 0 Å². The van der Waals surface area contributed by atoms with Crippen LogP contribution in [0.3, 0.4) is 0 Å². The van der Waals surface area contributed by atoms with E-state index in [0.717, 1.165) is 12.8 Å². The SMILES string of the molecule is CC1C[C@H](C(=O)O)C[C@@H]1CN. The van der Waals surface area contributed by atoms with Gasteiger partial charge in [0.1, 0.15) is 0 Å². The van der Waals surface area contributed by atoms with Crippen molar-refractivity contribution in [3.05, 3.63) is 0 Å². The molecular weight excluding hydrogens is 142 g/mol. The summed E-state index contributed by atoms with van der Waals surface area (Å²) in [6.45, 7) is 2.71. The van der Waals surface area contributed by atoms with Crippen molar-refractivity contribution in [2.75, 3.05) is 6.54 Å². The predicted molar refractivity (Wildman–Crippen MR) is 42.1 cm³/mol. The fraction of sp³-hybridized carbons (Fsp3) is 0.875. The first-order chi connectivity index (χ1) is 5.15. The van der Waals surface area contributed by atoms with E-state index in [1.807, 2.05) is 0 Å². The molecule has 1 unspecified atom stereocenters. The van der Waals surface area contributed by atoms with Crippen LogP contribution >= 0.6 is 0 Å². The quantitative estimate of drug-likeness (QED) is 0.620. The van der Waals surface area contributed by atoms with E-state index in [9.17, 15) is 4.79 Å². The topological polar surface area (TPSA) is 63.3 Å². The summed E-state index contributed by atoms with van der Waals surface area (Å²) in [5, 5.41) is 8.70. The van der Waals surface area contributed by atoms with E-state index in [4.69, 9.17) is 10.8 Å². The lowest BCUT2D eigenvalue weighted by Gasteiger charge is -2.10. The summed E-state index contributed by atoms with van der Waals surface area (Å²) in [6, 6.07) is 0. The van der Waals surface area contributed by atoms with Crippen LogP contribution < -0.4 is 5.73 Å². The van der Waals surface area contributed by atoms with Crippen molar-refractivity contribution >= 4 is 5.97 Å². The highest BCUT2D eigenvalue weighted by Gasteiger charge is 2.34. The van der Waals surface area contributed by atoms with Gasteiger partial charge in [-0.25, -0.2) is 0 Å². The van der Waals surface area contributed by atoms with Crippen LogP contribution in [0.15, 0.2) is 0 Å². The summed E-state index contributed by atoms with van der Waals surface area (Å²) in [4.78, 5) is 10.6. The molecule has 3 atom stereocenters. The number of rotatable bonds is 2. The number of nitrogens with two attached hydrogens (primary N) is 1. The number of aliphatic carboxylic acids is 1. The van der Waals surface area contributed by atoms with E-state index < -0.39 is 5.97 Å². The molecule has 1 saturated carbocycles. The summed E-state index contributed by atoms with van der Waals surface area (Å²) < 4.78 is 0. The Morgan fingerprint density at radius 3 is 2.55 bits per heavy atom. The largest absolute Gasteiger partial charge is 0.481 e. The molecule has 0 saturated heterocycles. The zero-order valence-electron chi connectivity index (χ0n) is 6.79. The van der Waals surface area contributed by atoms with Crippen LogP contribution in [0.25, 0.3) is 0 Å². The predicted octanol–water partition coefficient (Wildman–Crippen LogP) is 0.692. The lowest BCUT2D eigenvalue weighted by molar-refractivity contribution is -0.141. The number of carboxylic acids is 1. The van der Waals surface area contributed by atoms with Gasteiger partial charge in [-0.15, -0.1) is 0 Å². The Morgan fingerprint density at radius 2 is 2.27 bits per heavy atom. The third-order valence-corrected chi connectivity index (χ3v) is 2.70. The Morgan fingerprint density at radius 1 is 1.64 bits per heavy atom. The first kappa shape index (κ1) is 8.53. The van der Waals surface area contributed by atoms with Crippen LogP contribution in [0, 0.1) is 17.8 Å². The molecule has 1 aliphatic rings. The Kier molecular flexibility index (Phi) is 2.49. The van der Waals surface area contributed by atoms with Gasteiger partial charge in [0.15, 0.2) is 0 Å². The molecule has 3 N–H and O–H groups in total. The van der Waals surface area contributed by atoms with Gasteiger partial charge >= 0.3 is 5.97 Å². The Bertz CT molecular complexity index is 158. The average Bonchev–Trinajstić information content (AvgIpc) is 2.31. The first-order valence-corrected chi connectivity index (χ1v) is 4.08. The van der Waals surface area contributed by atoms with E-state index in [2.05, 4.69) is 6.92 Å². The van der Waals surface area contributed by atoms with Crippen molar-refractivity contribution in [3.63, 3.8) is 0 Å². The number of carboxylic acid groups (broad SMARTS) is 1. The van der Waals surface area contributed by atoms with Crippen molar-refractivity contribution < 1.29 is 9.90 Å². The van der Waals surface area contributed by atoms with E-state index in [0.29, 0.717) is 18.4 Å². The Labute approximate surface area is 66.6 Å². The summed E-state index contributed by atoms with van der Waals surface area (Å²) in [7, 11) is 0. The summed E-state index contributed by atoms with van der Waals surface area (Å²) in [6.07, 6.45) is 1.57. The highest BCUT2D eigenvalue weighted by atomic mass is 16.4. The maximum Gasteiger partial charge on any atom is 0.306 e. The van der Waals surface area contributed by atoms with Gasteiger partial charge in [0.25, 0.3) is 0 Å². The highest BCUT2D eigenvalue weighted by molar-refractivity contribution is 5.70. The fourth-order valence-corrected chi connectivity index (χ4v) is 1.87. The molecule has 3 nitrogen and oxygen atoms in total. The Hall–Kier alpha value is -0.570. The number of hydrogen-bond donors (Lipinski definition) is 2. The van der Waals surface area contributed by atoms with Gasteiger partial charge < -0.3 is 10.8 Å². The molecule has 0 aliphatic heterocycles. The molecule has 1 fully saturated rings. The van der Waals surface area contributed by atoms with Crippen molar-refractivity contribution in [1.29, 1.82) is 0 Å². The smallest absolute Gasteiger partial charge is 0.306 e. The van der Waals surface area contributed by atoms with Crippen LogP contribution in [0.2, 0.25) is 0 Å². The molecule has 3 heteroatoms. The molecule has 11 heavy (non-hydrogen) atoms. The van der Waals surface area contributed by atoms with E-state index >= 15 is 0 Å². The van der Waals surface area contributed by atoms with Crippen molar-refractivity contribution in [2.45, 2.75) is 19.8 Å². The van der Waals surface area contributed by atoms with Crippen LogP contribution in [-0.2, 0) is 4.79 Å². The molecule has 0 aromatic heterocycles. The second-order valence-electron chi connectivity index (χ2n) is 3.48. The highest BCUT2D eigenvalue weighted by Crippen LogP contribution is 2.35. The van der Waals surface area contributed by atoms with Gasteiger partial charge in [-0.3, -0.25) is 4.79 Å². The minimum absolute atomic E-state index is 0.140. The van der Waals surface area contributed by atoms with Gasteiger partial charge in [0, 0.05) is 0 Å². The molecule has 0 aromatic carbocycles. The van der Waals surface area contributed by atoms with Crippen molar-refractivity contribution in [1.82, 2.24) is 0 Å². The van der Waals surface area contributed by atoms with Crippen LogP contribution in [0.1, 0.15) is 19.8 Å². The van der Waals surface area contributed by atoms with Crippen LogP contribution in [-0.4, -0.2) is 17.6 Å². The van der Waals surface area contributed by atoms with Crippen LogP contribution in [0.4, 0.5) is 0 Å². The van der Waals surface area contributed by atoms with Crippen LogP contribution in [0.5, 0.6) is 0 Å². The molecule has 0 heterocycles. The third-order valence-electron chi connectivity index (χ3n) is 2.70. The van der Waals surface area contributed by atoms with Crippen molar-refractivity contribution in [2.24, 2.45) is 23.5 Å². The molecule has 0 amide bonds. The Balaban J connectivity index is 2.49. The second-order valence-corrected chi connectivity index (χ2v) is 3.48. The van der Waals surface area contributed by atoms with E-state index in [-0.39, 0.29) is 5.92 Å². The average molecular weight is 157 g/mol. The second kappa shape index (κ2) is 3.22. The van der Waals surface area contributed by atoms with Gasteiger partial charge in [0.05, 0.1) is 5.92 Å².